The number of nitrogens with zero attached hydrogens (tertiary/aromatic N) is 4. The van der Waals surface area contributed by atoms with Gasteiger partial charge in [-0.1, -0.05) is 29.3 Å². The molecule has 9 heteroatoms. The summed E-state index contributed by atoms with van der Waals surface area (Å²) in [6.07, 6.45) is 1.42. The molecule has 1 aromatic carbocycles. The topological polar surface area (TPSA) is 56.8 Å². The molecule has 3 rings (SSSR count). The lowest BCUT2D eigenvalue weighted by Gasteiger charge is -2.31. The lowest BCUT2D eigenvalue weighted by Crippen LogP contribution is -2.47. The average molecular weight is 429 g/mol. The molecular formula is C18H22Cl2N4O2S. The molecule has 0 saturated carbocycles. The zero-order valence-electron chi connectivity index (χ0n) is 15.3. The molecule has 1 fully saturated rings. The van der Waals surface area contributed by atoms with Crippen LogP contribution in [-0.4, -0.2) is 62.9 Å². The van der Waals surface area contributed by atoms with Crippen molar-refractivity contribution in [1.29, 1.82) is 0 Å². The molecule has 1 aliphatic rings. The van der Waals surface area contributed by atoms with E-state index >= 15 is 0 Å². The molecule has 0 N–H and O–H groups in total. The van der Waals surface area contributed by atoms with Crippen molar-refractivity contribution in [3.8, 4) is 0 Å². The molecule has 2 aromatic rings. The van der Waals surface area contributed by atoms with Gasteiger partial charge in [0.25, 0.3) is 0 Å². The van der Waals surface area contributed by atoms with Crippen LogP contribution in [0.3, 0.4) is 0 Å². The minimum atomic E-state index is -3.51. The van der Waals surface area contributed by atoms with Crippen LogP contribution in [0.2, 0.25) is 10.0 Å². The standard InChI is InChI=1S/C18H22Cl2N4O2S/c1-22-7-9-24(10-8-22)27(25,26)16-5-6-18(21-12-16)23(2)13-14-3-4-15(19)11-17(14)20/h3-6,11-12H,7-10,13H2,1-2H3. The van der Waals surface area contributed by atoms with E-state index in [0.717, 1.165) is 18.7 Å². The quantitative estimate of drug-likeness (QED) is 0.732. The summed E-state index contributed by atoms with van der Waals surface area (Å²) in [5.41, 5.74) is 0.916. The van der Waals surface area contributed by atoms with Gasteiger partial charge in [0, 0.05) is 56.0 Å². The monoisotopic (exact) mass is 428 g/mol. The third-order valence-corrected chi connectivity index (χ3v) is 7.10. The molecular weight excluding hydrogens is 407 g/mol. The number of anilines is 1. The van der Waals surface area contributed by atoms with Crippen molar-refractivity contribution in [2.75, 3.05) is 45.2 Å². The number of hydrogen-bond donors (Lipinski definition) is 0. The maximum Gasteiger partial charge on any atom is 0.244 e. The second kappa shape index (κ2) is 8.32. The molecule has 0 spiro atoms. The van der Waals surface area contributed by atoms with Gasteiger partial charge in [0.2, 0.25) is 10.0 Å². The Morgan fingerprint density at radius 3 is 2.41 bits per heavy atom. The summed E-state index contributed by atoms with van der Waals surface area (Å²) in [4.78, 5) is 8.57. The first-order valence-corrected chi connectivity index (χ1v) is 10.8. The minimum absolute atomic E-state index is 0.216. The van der Waals surface area contributed by atoms with E-state index < -0.39 is 10.0 Å². The molecule has 0 bridgehead atoms. The van der Waals surface area contributed by atoms with Gasteiger partial charge in [-0.2, -0.15) is 4.31 Å². The van der Waals surface area contributed by atoms with Crippen molar-refractivity contribution in [2.45, 2.75) is 11.4 Å². The van der Waals surface area contributed by atoms with E-state index in [9.17, 15) is 8.42 Å². The fourth-order valence-electron chi connectivity index (χ4n) is 2.91. The van der Waals surface area contributed by atoms with Gasteiger partial charge in [-0.25, -0.2) is 13.4 Å². The number of aromatic nitrogens is 1. The zero-order chi connectivity index (χ0) is 19.6. The Hall–Kier alpha value is -1.38. The van der Waals surface area contributed by atoms with Crippen LogP contribution in [-0.2, 0) is 16.6 Å². The maximum absolute atomic E-state index is 12.8. The maximum atomic E-state index is 12.8. The molecule has 1 saturated heterocycles. The summed E-state index contributed by atoms with van der Waals surface area (Å²) in [7, 11) is 0.358. The Labute approximate surface area is 170 Å². The molecule has 1 aliphatic heterocycles. The van der Waals surface area contributed by atoms with Gasteiger partial charge in [0.05, 0.1) is 0 Å². The van der Waals surface area contributed by atoms with E-state index in [4.69, 9.17) is 23.2 Å². The van der Waals surface area contributed by atoms with Gasteiger partial charge in [0.1, 0.15) is 10.7 Å². The van der Waals surface area contributed by atoms with Crippen LogP contribution >= 0.6 is 23.2 Å². The molecule has 0 radical (unpaired) electrons. The first-order chi connectivity index (χ1) is 12.8. The van der Waals surface area contributed by atoms with Crippen molar-refractivity contribution >= 4 is 39.0 Å². The number of halogens is 2. The van der Waals surface area contributed by atoms with Gasteiger partial charge in [-0.05, 0) is 36.9 Å². The Kier molecular flexibility index (Phi) is 6.28. The number of sulfonamides is 1. The molecule has 6 nitrogen and oxygen atoms in total. The highest BCUT2D eigenvalue weighted by Gasteiger charge is 2.27. The summed E-state index contributed by atoms with van der Waals surface area (Å²) in [5.74, 6) is 0.665. The van der Waals surface area contributed by atoms with E-state index in [1.807, 2.05) is 25.1 Å². The largest absolute Gasteiger partial charge is 0.355 e. The van der Waals surface area contributed by atoms with E-state index in [1.54, 1.807) is 24.3 Å². The molecule has 0 aliphatic carbocycles. The van der Waals surface area contributed by atoms with Crippen LogP contribution < -0.4 is 4.90 Å². The normalized spacial score (nSPS) is 16.4. The molecule has 146 valence electrons. The molecule has 1 aromatic heterocycles. The summed E-state index contributed by atoms with van der Waals surface area (Å²) < 4.78 is 27.0. The van der Waals surface area contributed by atoms with Crippen molar-refractivity contribution in [3.05, 3.63) is 52.1 Å². The SMILES string of the molecule is CN1CCN(S(=O)(=O)c2ccc(N(C)Cc3ccc(Cl)cc3Cl)nc2)CC1. The fraction of sp³-hybridized carbons (Fsp3) is 0.389. The van der Waals surface area contributed by atoms with E-state index in [2.05, 4.69) is 9.88 Å². The Balaban J connectivity index is 1.72. The highest BCUT2D eigenvalue weighted by atomic mass is 35.5. The number of hydrogen-bond acceptors (Lipinski definition) is 5. The Morgan fingerprint density at radius 1 is 1.11 bits per heavy atom. The average Bonchev–Trinajstić information content (AvgIpc) is 2.64. The van der Waals surface area contributed by atoms with E-state index in [0.29, 0.717) is 35.5 Å². The smallest absolute Gasteiger partial charge is 0.244 e. The number of rotatable bonds is 5. The lowest BCUT2D eigenvalue weighted by atomic mass is 10.2. The van der Waals surface area contributed by atoms with Crippen LogP contribution in [0.25, 0.3) is 0 Å². The molecule has 0 atom stereocenters. The van der Waals surface area contributed by atoms with Crippen LogP contribution in [0.5, 0.6) is 0 Å². The third kappa shape index (κ3) is 4.73. The summed E-state index contributed by atoms with van der Waals surface area (Å²) in [5, 5.41) is 1.17. The van der Waals surface area contributed by atoms with Crippen LogP contribution in [0.4, 0.5) is 5.82 Å². The predicted octanol–water partition coefficient (Wildman–Crippen LogP) is 2.96. The van der Waals surface area contributed by atoms with E-state index in [-0.39, 0.29) is 4.90 Å². The first-order valence-electron chi connectivity index (χ1n) is 8.57. The third-order valence-electron chi connectivity index (χ3n) is 4.63. The zero-order valence-corrected chi connectivity index (χ0v) is 17.6. The number of likely N-dealkylation sites (N-methyl/N-ethyl adjacent to an activating group) is 1. The highest BCUT2D eigenvalue weighted by Crippen LogP contribution is 2.24. The van der Waals surface area contributed by atoms with Gasteiger partial charge in [-0.15, -0.1) is 0 Å². The number of piperazine rings is 1. The number of benzene rings is 1. The summed E-state index contributed by atoms with van der Waals surface area (Å²) in [6, 6.07) is 8.68. The first kappa shape index (κ1) is 20.4. The van der Waals surface area contributed by atoms with Crippen molar-refractivity contribution in [2.24, 2.45) is 0 Å². The minimum Gasteiger partial charge on any atom is -0.355 e. The van der Waals surface area contributed by atoms with Crippen LogP contribution in [0.15, 0.2) is 41.4 Å². The second-order valence-corrected chi connectivity index (χ2v) is 9.43. The highest BCUT2D eigenvalue weighted by molar-refractivity contribution is 7.89. The summed E-state index contributed by atoms with van der Waals surface area (Å²) >= 11 is 12.2. The fourth-order valence-corrected chi connectivity index (χ4v) is 4.75. The molecule has 0 amide bonds. The van der Waals surface area contributed by atoms with Gasteiger partial charge in [-0.3, -0.25) is 0 Å². The predicted molar refractivity (Wildman–Crippen MR) is 109 cm³/mol. The van der Waals surface area contributed by atoms with Gasteiger partial charge in [0.15, 0.2) is 0 Å². The van der Waals surface area contributed by atoms with Crippen molar-refractivity contribution < 1.29 is 8.42 Å². The Bertz CT molecular complexity index is 898. The van der Waals surface area contributed by atoms with Crippen LogP contribution in [0.1, 0.15) is 5.56 Å². The van der Waals surface area contributed by atoms with Gasteiger partial charge < -0.3 is 9.80 Å². The molecule has 27 heavy (non-hydrogen) atoms. The molecule has 0 unspecified atom stereocenters. The Morgan fingerprint density at radius 2 is 1.81 bits per heavy atom. The number of pyridine rings is 1. The lowest BCUT2D eigenvalue weighted by molar-refractivity contribution is 0.222. The van der Waals surface area contributed by atoms with E-state index in [1.165, 1.54) is 10.5 Å². The van der Waals surface area contributed by atoms with Crippen molar-refractivity contribution in [1.82, 2.24) is 14.2 Å². The molecule has 2 heterocycles. The van der Waals surface area contributed by atoms with Crippen molar-refractivity contribution in [3.63, 3.8) is 0 Å². The summed E-state index contributed by atoms with van der Waals surface area (Å²) in [6.45, 7) is 2.99. The van der Waals surface area contributed by atoms with Gasteiger partial charge >= 0.3 is 0 Å². The second-order valence-electron chi connectivity index (χ2n) is 6.65. The van der Waals surface area contributed by atoms with Crippen LogP contribution in [0, 0.1) is 0 Å².